The lowest BCUT2D eigenvalue weighted by molar-refractivity contribution is -0.132. The smallest absolute Gasteiger partial charge is 0.329 e. The molecule has 1 fully saturated rings. The molecule has 0 aliphatic carbocycles. The summed E-state index contributed by atoms with van der Waals surface area (Å²) in [7, 11) is 3.41. The molecule has 4 rings (SSSR count). The van der Waals surface area contributed by atoms with Crippen LogP contribution in [0.15, 0.2) is 41.2 Å². The van der Waals surface area contributed by atoms with E-state index in [1.165, 1.54) is 12.1 Å². The Morgan fingerprint density at radius 3 is 2.82 bits per heavy atom. The maximum Gasteiger partial charge on any atom is 0.329 e. The second kappa shape index (κ2) is 9.97. The van der Waals surface area contributed by atoms with Gasteiger partial charge in [0.25, 0.3) is 0 Å². The molecule has 1 aromatic heterocycles. The molecule has 0 spiro atoms. The monoisotopic (exact) mass is 474 g/mol. The number of likely N-dealkylation sites (tertiary alicyclic amines) is 1. The van der Waals surface area contributed by atoms with Gasteiger partial charge in [-0.1, -0.05) is 11.6 Å². The van der Waals surface area contributed by atoms with E-state index in [1.54, 1.807) is 34.3 Å². The number of rotatable bonds is 7. The van der Waals surface area contributed by atoms with E-state index in [0.29, 0.717) is 31.8 Å². The van der Waals surface area contributed by atoms with Crippen LogP contribution < -0.4 is 11.0 Å². The second-order valence-corrected chi connectivity index (χ2v) is 8.86. The van der Waals surface area contributed by atoms with Crippen LogP contribution >= 0.6 is 11.6 Å². The average molecular weight is 475 g/mol. The van der Waals surface area contributed by atoms with Gasteiger partial charge in [-0.05, 0) is 54.8 Å². The number of ether oxygens (including phenoxy) is 1. The van der Waals surface area contributed by atoms with Gasteiger partial charge in [-0.2, -0.15) is 0 Å². The zero-order chi connectivity index (χ0) is 23.5. The topological polar surface area (TPSA) is 68.5 Å². The summed E-state index contributed by atoms with van der Waals surface area (Å²) in [5, 5.41) is 3.57. The van der Waals surface area contributed by atoms with Crippen molar-refractivity contribution < 1.29 is 13.9 Å². The van der Waals surface area contributed by atoms with Gasteiger partial charge in [0.05, 0.1) is 30.1 Å². The third-order valence-electron chi connectivity index (χ3n) is 6.12. The molecule has 3 aromatic rings. The first-order chi connectivity index (χ1) is 15.9. The number of hydrogen-bond acceptors (Lipinski definition) is 4. The first kappa shape index (κ1) is 23.3. The third kappa shape index (κ3) is 5.07. The number of nitrogens with one attached hydrogen (secondary N) is 1. The van der Waals surface area contributed by atoms with Crippen molar-refractivity contribution in [2.45, 2.75) is 25.3 Å². The molecule has 2 aromatic carbocycles. The number of nitrogens with zero attached hydrogens (tertiary/aromatic N) is 3. The molecule has 7 nitrogen and oxygen atoms in total. The number of hydrogen-bond donors (Lipinski definition) is 1. The Morgan fingerprint density at radius 1 is 1.24 bits per heavy atom. The molecule has 0 bridgehead atoms. The molecule has 0 unspecified atom stereocenters. The molecule has 33 heavy (non-hydrogen) atoms. The Bertz CT molecular complexity index is 1200. The van der Waals surface area contributed by atoms with E-state index in [4.69, 9.17) is 16.3 Å². The maximum absolute atomic E-state index is 13.7. The summed E-state index contributed by atoms with van der Waals surface area (Å²) in [5.74, 6) is -0.560. The van der Waals surface area contributed by atoms with Crippen molar-refractivity contribution in [3.63, 3.8) is 0 Å². The first-order valence-electron chi connectivity index (χ1n) is 11.0. The number of carbonyl (C=O) groups excluding carboxylic acids is 1. The van der Waals surface area contributed by atoms with Gasteiger partial charge >= 0.3 is 5.69 Å². The lowest BCUT2D eigenvalue weighted by Gasteiger charge is -2.33. The number of methoxy groups -OCH3 is 1. The van der Waals surface area contributed by atoms with Crippen LogP contribution in [0.2, 0.25) is 5.02 Å². The van der Waals surface area contributed by atoms with Crippen LogP contribution in [0.4, 0.5) is 10.1 Å². The van der Waals surface area contributed by atoms with Crippen molar-refractivity contribution in [1.29, 1.82) is 0 Å². The van der Waals surface area contributed by atoms with E-state index < -0.39 is 5.82 Å². The number of piperidine rings is 1. The summed E-state index contributed by atoms with van der Waals surface area (Å²) >= 11 is 5.93. The van der Waals surface area contributed by atoms with Gasteiger partial charge in [0, 0.05) is 44.5 Å². The van der Waals surface area contributed by atoms with Gasteiger partial charge in [0.15, 0.2) is 0 Å². The quantitative estimate of drug-likeness (QED) is 0.531. The highest BCUT2D eigenvalue weighted by atomic mass is 35.5. The fourth-order valence-electron chi connectivity index (χ4n) is 4.52. The van der Waals surface area contributed by atoms with Gasteiger partial charge in [-0.15, -0.1) is 0 Å². The van der Waals surface area contributed by atoms with E-state index in [-0.39, 0.29) is 29.1 Å². The van der Waals surface area contributed by atoms with Crippen molar-refractivity contribution >= 4 is 34.2 Å². The SMILES string of the molecule is COCCNc1ccc2c(c1)n([C@H]1CCCN(C(=O)Cc3cc(F)cc(Cl)c3)C1)c(=O)n2C. The van der Waals surface area contributed by atoms with Crippen molar-refractivity contribution in [3.05, 3.63) is 63.3 Å². The molecule has 1 aliphatic rings. The number of carbonyl (C=O) groups is 1. The Hall–Kier alpha value is -2.84. The lowest BCUT2D eigenvalue weighted by Crippen LogP contribution is -2.43. The number of aryl methyl sites for hydroxylation is 1. The Morgan fingerprint density at radius 2 is 2.06 bits per heavy atom. The molecule has 1 atom stereocenters. The minimum Gasteiger partial charge on any atom is -0.383 e. The van der Waals surface area contributed by atoms with Gasteiger partial charge in [0.1, 0.15) is 5.82 Å². The van der Waals surface area contributed by atoms with Crippen LogP contribution in [0.25, 0.3) is 11.0 Å². The first-order valence-corrected chi connectivity index (χ1v) is 11.4. The summed E-state index contributed by atoms with van der Waals surface area (Å²) in [5.41, 5.74) is 3.03. The van der Waals surface area contributed by atoms with Crippen LogP contribution in [0, 0.1) is 5.82 Å². The van der Waals surface area contributed by atoms with Crippen molar-refractivity contribution in [2.24, 2.45) is 7.05 Å². The summed E-state index contributed by atoms with van der Waals surface area (Å²) in [6.45, 7) is 2.29. The zero-order valence-electron chi connectivity index (χ0n) is 18.8. The molecule has 0 saturated carbocycles. The van der Waals surface area contributed by atoms with Gasteiger partial charge in [-0.3, -0.25) is 13.9 Å². The summed E-state index contributed by atoms with van der Waals surface area (Å²) in [4.78, 5) is 27.9. The number of aromatic nitrogens is 2. The maximum atomic E-state index is 13.7. The second-order valence-electron chi connectivity index (χ2n) is 8.42. The summed E-state index contributed by atoms with van der Waals surface area (Å²) < 4.78 is 22.2. The predicted octanol–water partition coefficient (Wildman–Crippen LogP) is 3.60. The van der Waals surface area contributed by atoms with Crippen molar-refractivity contribution in [1.82, 2.24) is 14.0 Å². The van der Waals surface area contributed by atoms with Crippen LogP contribution in [-0.4, -0.2) is 53.3 Å². The van der Waals surface area contributed by atoms with Crippen LogP contribution in [0.5, 0.6) is 0 Å². The fourth-order valence-corrected chi connectivity index (χ4v) is 4.76. The summed E-state index contributed by atoms with van der Waals surface area (Å²) in [6.07, 6.45) is 1.66. The predicted molar refractivity (Wildman–Crippen MR) is 128 cm³/mol. The fraction of sp³-hybridized carbons (Fsp3) is 0.417. The van der Waals surface area contributed by atoms with E-state index >= 15 is 0 Å². The summed E-state index contributed by atoms with van der Waals surface area (Å²) in [6, 6.07) is 9.88. The van der Waals surface area contributed by atoms with Gasteiger partial charge in [-0.25, -0.2) is 9.18 Å². The molecule has 1 N–H and O–H groups in total. The van der Waals surface area contributed by atoms with Crippen molar-refractivity contribution in [2.75, 3.05) is 38.7 Å². The number of halogens is 2. The average Bonchev–Trinajstić information content (AvgIpc) is 3.03. The number of benzene rings is 2. The van der Waals surface area contributed by atoms with E-state index in [9.17, 15) is 14.0 Å². The van der Waals surface area contributed by atoms with Crippen LogP contribution in [-0.2, 0) is 23.0 Å². The lowest BCUT2D eigenvalue weighted by atomic mass is 10.0. The standard InChI is InChI=1S/C24H28ClFN4O3/c1-28-21-6-5-19(27-7-9-33-2)14-22(21)30(24(28)32)20-4-3-8-29(15-20)23(31)12-16-10-17(25)13-18(26)11-16/h5-6,10-11,13-14,20,27H,3-4,7-9,12,15H2,1-2H3/t20-/m0/s1. The Labute approximate surface area is 196 Å². The zero-order valence-corrected chi connectivity index (χ0v) is 19.6. The van der Waals surface area contributed by atoms with Crippen LogP contribution in [0.1, 0.15) is 24.4 Å². The number of fused-ring (bicyclic) bond motifs is 1. The Balaban J connectivity index is 1.57. The van der Waals surface area contributed by atoms with Gasteiger partial charge < -0.3 is 15.0 Å². The molecule has 176 valence electrons. The minimum atomic E-state index is -0.459. The molecule has 1 saturated heterocycles. The number of imidazole rings is 1. The molecule has 1 aliphatic heterocycles. The molecule has 9 heteroatoms. The van der Waals surface area contributed by atoms with Gasteiger partial charge in [0.2, 0.25) is 5.91 Å². The van der Waals surface area contributed by atoms with E-state index in [1.807, 2.05) is 18.2 Å². The largest absolute Gasteiger partial charge is 0.383 e. The number of amides is 1. The molecule has 0 radical (unpaired) electrons. The normalized spacial score (nSPS) is 16.4. The van der Waals surface area contributed by atoms with Crippen LogP contribution in [0.3, 0.4) is 0 Å². The molecule has 2 heterocycles. The highest BCUT2D eigenvalue weighted by molar-refractivity contribution is 6.30. The van der Waals surface area contributed by atoms with E-state index in [2.05, 4.69) is 5.32 Å². The Kier molecular flexibility index (Phi) is 7.05. The molecular formula is C24H28ClFN4O3. The van der Waals surface area contributed by atoms with Crippen molar-refractivity contribution in [3.8, 4) is 0 Å². The van der Waals surface area contributed by atoms with E-state index in [0.717, 1.165) is 29.6 Å². The highest BCUT2D eigenvalue weighted by Gasteiger charge is 2.28. The highest BCUT2D eigenvalue weighted by Crippen LogP contribution is 2.27. The number of anilines is 1. The third-order valence-corrected chi connectivity index (χ3v) is 6.33. The minimum absolute atomic E-state index is 0.0716. The molecular weight excluding hydrogens is 447 g/mol. The molecule has 1 amide bonds.